The Morgan fingerprint density at radius 1 is 1.06 bits per heavy atom. The van der Waals surface area contributed by atoms with E-state index in [-0.39, 0.29) is 5.56 Å². The summed E-state index contributed by atoms with van der Waals surface area (Å²) in [5.74, 6) is 0.965. The van der Waals surface area contributed by atoms with E-state index in [0.717, 1.165) is 25.0 Å². The normalized spacial score (nSPS) is 11.0. The highest BCUT2D eigenvalue weighted by atomic mass is 32.2. The van der Waals surface area contributed by atoms with E-state index in [9.17, 15) is 9.90 Å². The number of carboxylic acid groups (broad SMARTS) is 1. The molecule has 2 N–H and O–H groups in total. The molecule has 10 heteroatoms. The SMILES string of the molecule is O=C(O)c1ccc2nc(Sc3cc(-c4nnn[nH]4)ccc3Oc3ccccc3)sc2c1. The van der Waals surface area contributed by atoms with Gasteiger partial charge in [0.25, 0.3) is 0 Å². The molecule has 3 aromatic carbocycles. The Morgan fingerprint density at radius 2 is 1.94 bits per heavy atom. The topological polar surface area (TPSA) is 114 Å². The standard InChI is InChI=1S/C21H13N5O3S2/c27-20(28)13-6-8-15-17(11-13)30-21(22-15)31-18-10-12(19-23-25-26-24-19)7-9-16(18)29-14-4-2-1-3-5-14/h1-11H,(H,27,28)(H,23,24,25,26). The van der Waals surface area contributed by atoms with Crippen LogP contribution in [0.2, 0.25) is 0 Å². The van der Waals surface area contributed by atoms with Gasteiger partial charge in [0, 0.05) is 5.56 Å². The van der Waals surface area contributed by atoms with Crippen molar-refractivity contribution in [3.8, 4) is 22.9 Å². The quantitative estimate of drug-likeness (QED) is 0.369. The van der Waals surface area contributed by atoms with Crippen molar-refractivity contribution >= 4 is 39.3 Å². The van der Waals surface area contributed by atoms with Gasteiger partial charge in [0.15, 0.2) is 10.2 Å². The van der Waals surface area contributed by atoms with Gasteiger partial charge in [-0.05, 0) is 59.0 Å². The van der Waals surface area contributed by atoms with Crippen LogP contribution in [-0.2, 0) is 0 Å². The molecule has 0 unspecified atom stereocenters. The van der Waals surface area contributed by atoms with Gasteiger partial charge in [-0.2, -0.15) is 0 Å². The third-order valence-electron chi connectivity index (χ3n) is 4.35. The molecule has 5 rings (SSSR count). The summed E-state index contributed by atoms with van der Waals surface area (Å²) in [6.45, 7) is 0. The minimum absolute atomic E-state index is 0.237. The lowest BCUT2D eigenvalue weighted by Gasteiger charge is -2.11. The fraction of sp³-hybridized carbons (Fsp3) is 0. The molecule has 31 heavy (non-hydrogen) atoms. The van der Waals surface area contributed by atoms with Gasteiger partial charge in [0.1, 0.15) is 11.5 Å². The lowest BCUT2D eigenvalue weighted by atomic mass is 10.2. The number of rotatable bonds is 6. The molecule has 152 valence electrons. The highest BCUT2D eigenvalue weighted by Gasteiger charge is 2.15. The molecule has 0 saturated heterocycles. The van der Waals surface area contributed by atoms with E-state index in [0.29, 0.717) is 17.3 Å². The second-order valence-electron chi connectivity index (χ2n) is 6.40. The summed E-state index contributed by atoms with van der Waals surface area (Å²) >= 11 is 2.86. The Morgan fingerprint density at radius 3 is 2.71 bits per heavy atom. The van der Waals surface area contributed by atoms with E-state index < -0.39 is 5.97 Å². The van der Waals surface area contributed by atoms with E-state index in [4.69, 9.17) is 4.74 Å². The number of benzene rings is 3. The van der Waals surface area contributed by atoms with Gasteiger partial charge in [0.05, 0.1) is 20.7 Å². The predicted molar refractivity (Wildman–Crippen MR) is 117 cm³/mol. The number of nitrogens with zero attached hydrogens (tertiary/aromatic N) is 4. The highest BCUT2D eigenvalue weighted by Crippen LogP contribution is 2.41. The molecule has 0 radical (unpaired) electrons. The summed E-state index contributed by atoms with van der Waals surface area (Å²) in [5.41, 5.74) is 1.79. The van der Waals surface area contributed by atoms with Gasteiger partial charge in [-0.1, -0.05) is 30.0 Å². The Hall–Kier alpha value is -3.76. The minimum atomic E-state index is -0.962. The largest absolute Gasteiger partial charge is 0.478 e. The van der Waals surface area contributed by atoms with Crippen LogP contribution in [0.25, 0.3) is 21.6 Å². The van der Waals surface area contributed by atoms with Crippen molar-refractivity contribution in [1.29, 1.82) is 0 Å². The molecular formula is C21H13N5O3S2. The number of hydrogen-bond donors (Lipinski definition) is 2. The average molecular weight is 448 g/mol. The fourth-order valence-corrected chi connectivity index (χ4v) is 5.06. The number of carbonyl (C=O) groups is 1. The smallest absolute Gasteiger partial charge is 0.335 e. The first-order chi connectivity index (χ1) is 15.2. The lowest BCUT2D eigenvalue weighted by Crippen LogP contribution is -1.94. The van der Waals surface area contributed by atoms with E-state index in [1.807, 2.05) is 48.5 Å². The number of aromatic nitrogens is 5. The zero-order chi connectivity index (χ0) is 21.2. The third kappa shape index (κ3) is 4.11. The lowest BCUT2D eigenvalue weighted by molar-refractivity contribution is 0.0697. The Bertz CT molecular complexity index is 1370. The summed E-state index contributed by atoms with van der Waals surface area (Å²) in [6, 6.07) is 20.1. The molecule has 5 aromatic rings. The van der Waals surface area contributed by atoms with Crippen molar-refractivity contribution in [2.45, 2.75) is 9.24 Å². The number of thiazole rings is 1. The van der Waals surface area contributed by atoms with Gasteiger partial charge in [-0.3, -0.25) is 0 Å². The molecule has 0 bridgehead atoms. The zero-order valence-corrected chi connectivity index (χ0v) is 17.4. The van der Waals surface area contributed by atoms with Crippen LogP contribution in [-0.4, -0.2) is 36.7 Å². The monoisotopic (exact) mass is 447 g/mol. The van der Waals surface area contributed by atoms with Crippen molar-refractivity contribution < 1.29 is 14.6 Å². The number of carboxylic acids is 1. The summed E-state index contributed by atoms with van der Waals surface area (Å²) < 4.78 is 7.67. The molecule has 0 saturated carbocycles. The van der Waals surface area contributed by atoms with Crippen molar-refractivity contribution in [2.75, 3.05) is 0 Å². The van der Waals surface area contributed by atoms with Crippen molar-refractivity contribution in [3.05, 3.63) is 72.3 Å². The third-order valence-corrected chi connectivity index (χ3v) is 6.46. The molecule has 0 aliphatic carbocycles. The number of ether oxygens (including phenoxy) is 1. The number of para-hydroxylation sites is 1. The summed E-state index contributed by atoms with van der Waals surface area (Å²) in [5, 5.41) is 23.2. The number of fused-ring (bicyclic) bond motifs is 1. The molecule has 0 aliphatic heterocycles. The van der Waals surface area contributed by atoms with Gasteiger partial charge in [-0.15, -0.1) is 16.4 Å². The van der Waals surface area contributed by atoms with Crippen LogP contribution >= 0.6 is 23.1 Å². The molecule has 0 spiro atoms. The maximum absolute atomic E-state index is 11.3. The van der Waals surface area contributed by atoms with Crippen molar-refractivity contribution in [1.82, 2.24) is 25.6 Å². The van der Waals surface area contributed by atoms with Gasteiger partial charge in [0.2, 0.25) is 0 Å². The Balaban J connectivity index is 1.53. The summed E-state index contributed by atoms with van der Waals surface area (Å²) in [7, 11) is 0. The summed E-state index contributed by atoms with van der Waals surface area (Å²) in [4.78, 5) is 16.7. The van der Waals surface area contributed by atoms with E-state index in [1.54, 1.807) is 18.2 Å². The predicted octanol–water partition coefficient (Wildman–Crippen LogP) is 5.12. The van der Waals surface area contributed by atoms with E-state index in [2.05, 4.69) is 25.6 Å². The number of tetrazole rings is 1. The first-order valence-electron chi connectivity index (χ1n) is 9.08. The number of nitrogens with one attached hydrogen (secondary N) is 1. The van der Waals surface area contributed by atoms with Gasteiger partial charge >= 0.3 is 5.97 Å². The Labute approximate surface area is 183 Å². The average Bonchev–Trinajstić information content (AvgIpc) is 3.45. The van der Waals surface area contributed by atoms with E-state index >= 15 is 0 Å². The highest BCUT2D eigenvalue weighted by molar-refractivity contribution is 8.01. The first kappa shape index (κ1) is 19.2. The van der Waals surface area contributed by atoms with Crippen LogP contribution in [0.3, 0.4) is 0 Å². The minimum Gasteiger partial charge on any atom is -0.478 e. The number of aromatic carboxylic acids is 1. The van der Waals surface area contributed by atoms with Crippen LogP contribution < -0.4 is 4.74 Å². The molecule has 0 fully saturated rings. The zero-order valence-electron chi connectivity index (χ0n) is 15.7. The van der Waals surface area contributed by atoms with Crippen LogP contribution in [0.15, 0.2) is 76.0 Å². The van der Waals surface area contributed by atoms with Crippen molar-refractivity contribution in [2.24, 2.45) is 0 Å². The molecule has 0 amide bonds. The molecule has 2 heterocycles. The van der Waals surface area contributed by atoms with Crippen LogP contribution in [0.4, 0.5) is 0 Å². The van der Waals surface area contributed by atoms with E-state index in [1.165, 1.54) is 23.1 Å². The van der Waals surface area contributed by atoms with Crippen LogP contribution in [0.5, 0.6) is 11.5 Å². The maximum Gasteiger partial charge on any atom is 0.335 e. The molecular weight excluding hydrogens is 434 g/mol. The first-order valence-corrected chi connectivity index (χ1v) is 10.7. The van der Waals surface area contributed by atoms with Crippen molar-refractivity contribution in [3.63, 3.8) is 0 Å². The van der Waals surface area contributed by atoms with Gasteiger partial charge in [-0.25, -0.2) is 14.9 Å². The Kier molecular flexibility index (Phi) is 5.06. The molecule has 0 atom stereocenters. The number of hydrogen-bond acceptors (Lipinski definition) is 8. The number of aromatic amines is 1. The number of H-pyrrole nitrogens is 1. The van der Waals surface area contributed by atoms with Crippen LogP contribution in [0, 0.1) is 0 Å². The van der Waals surface area contributed by atoms with Gasteiger partial charge < -0.3 is 9.84 Å². The second-order valence-corrected chi connectivity index (χ2v) is 8.72. The molecule has 8 nitrogen and oxygen atoms in total. The second kappa shape index (κ2) is 8.17. The molecule has 0 aliphatic rings. The van der Waals surface area contributed by atoms with Crippen LogP contribution in [0.1, 0.15) is 10.4 Å². The summed E-state index contributed by atoms with van der Waals surface area (Å²) in [6.07, 6.45) is 0. The molecule has 2 aromatic heterocycles. The maximum atomic E-state index is 11.3. The fourth-order valence-electron chi connectivity index (χ4n) is 2.89.